The first kappa shape index (κ1) is 20.0. The summed E-state index contributed by atoms with van der Waals surface area (Å²) in [6.45, 7) is 6.39. The van der Waals surface area contributed by atoms with Crippen LogP contribution < -0.4 is 14.9 Å². The molecule has 26 heavy (non-hydrogen) atoms. The highest BCUT2D eigenvalue weighted by molar-refractivity contribution is 14.1. The molecule has 0 saturated carbocycles. The van der Waals surface area contributed by atoms with Crippen molar-refractivity contribution in [2.24, 2.45) is 5.10 Å². The van der Waals surface area contributed by atoms with Crippen molar-refractivity contribution in [2.75, 3.05) is 12.0 Å². The first-order valence-electron chi connectivity index (χ1n) is 8.07. The number of rotatable bonds is 8. The Hall–Kier alpha value is -2.36. The molecule has 0 bridgehead atoms. The van der Waals surface area contributed by atoms with Crippen molar-refractivity contribution in [3.63, 3.8) is 0 Å². The maximum absolute atomic E-state index is 10.7. The van der Waals surface area contributed by atoms with Crippen molar-refractivity contribution in [3.8, 4) is 11.5 Å². The van der Waals surface area contributed by atoms with Crippen LogP contribution in [0.2, 0.25) is 0 Å². The van der Waals surface area contributed by atoms with E-state index in [1.54, 1.807) is 18.3 Å². The molecular formula is C18H20IN3O4. The van der Waals surface area contributed by atoms with Gasteiger partial charge in [-0.2, -0.15) is 5.10 Å². The Morgan fingerprint density at radius 3 is 2.58 bits per heavy atom. The van der Waals surface area contributed by atoms with Crippen LogP contribution in [0.3, 0.4) is 0 Å². The molecule has 0 aliphatic carbocycles. The summed E-state index contributed by atoms with van der Waals surface area (Å²) in [6, 6.07) is 9.86. The van der Waals surface area contributed by atoms with Gasteiger partial charge in [0.05, 0.1) is 33.1 Å². The zero-order valence-corrected chi connectivity index (χ0v) is 16.9. The van der Waals surface area contributed by atoms with Gasteiger partial charge in [0.15, 0.2) is 11.5 Å². The zero-order valence-electron chi connectivity index (χ0n) is 14.7. The largest absolute Gasteiger partial charge is 0.490 e. The van der Waals surface area contributed by atoms with Gasteiger partial charge in [0.1, 0.15) is 0 Å². The third-order valence-corrected chi connectivity index (χ3v) is 3.97. The number of non-ortho nitro benzene ring substituents is 1. The van der Waals surface area contributed by atoms with Crippen LogP contribution in [0, 0.1) is 13.7 Å². The van der Waals surface area contributed by atoms with Crippen LogP contribution in [0.15, 0.2) is 41.5 Å². The second-order valence-electron chi connectivity index (χ2n) is 5.60. The summed E-state index contributed by atoms with van der Waals surface area (Å²) < 4.78 is 12.5. The quantitative estimate of drug-likeness (QED) is 0.259. The highest BCUT2D eigenvalue weighted by atomic mass is 127. The molecule has 0 aromatic heterocycles. The predicted molar refractivity (Wildman–Crippen MR) is 110 cm³/mol. The fourth-order valence-corrected chi connectivity index (χ4v) is 2.87. The summed E-state index contributed by atoms with van der Waals surface area (Å²) in [5.74, 6) is 1.40. The van der Waals surface area contributed by atoms with Gasteiger partial charge in [-0.25, -0.2) is 0 Å². The molecule has 0 unspecified atom stereocenters. The highest BCUT2D eigenvalue weighted by Gasteiger charge is 2.13. The molecule has 0 fully saturated rings. The second-order valence-corrected chi connectivity index (χ2v) is 6.77. The molecule has 0 spiro atoms. The SMILES string of the molecule is CCOc1cc(/C=N/Nc2ccc([N+](=O)[O-])cc2)cc(I)c1OC(C)C. The second kappa shape index (κ2) is 9.37. The number of hydrogen-bond acceptors (Lipinski definition) is 6. The number of hydrogen-bond donors (Lipinski definition) is 1. The number of nitro groups is 1. The summed E-state index contributed by atoms with van der Waals surface area (Å²) in [5.41, 5.74) is 4.40. The summed E-state index contributed by atoms with van der Waals surface area (Å²) in [7, 11) is 0. The van der Waals surface area contributed by atoms with Gasteiger partial charge in [-0.15, -0.1) is 0 Å². The van der Waals surface area contributed by atoms with Crippen molar-refractivity contribution in [1.29, 1.82) is 0 Å². The Bertz CT molecular complexity index is 792. The number of hydrazone groups is 1. The van der Waals surface area contributed by atoms with Crippen LogP contribution in [-0.2, 0) is 0 Å². The maximum atomic E-state index is 10.7. The lowest BCUT2D eigenvalue weighted by Gasteiger charge is -2.16. The van der Waals surface area contributed by atoms with E-state index >= 15 is 0 Å². The van der Waals surface area contributed by atoms with Gasteiger partial charge in [-0.1, -0.05) is 0 Å². The van der Waals surface area contributed by atoms with Gasteiger partial charge >= 0.3 is 0 Å². The number of nitrogens with one attached hydrogen (secondary N) is 1. The van der Waals surface area contributed by atoms with Crippen molar-refractivity contribution < 1.29 is 14.4 Å². The van der Waals surface area contributed by atoms with Crippen LogP contribution in [0.4, 0.5) is 11.4 Å². The van der Waals surface area contributed by atoms with Crippen molar-refractivity contribution in [2.45, 2.75) is 26.9 Å². The first-order valence-corrected chi connectivity index (χ1v) is 9.15. The van der Waals surface area contributed by atoms with Crippen molar-refractivity contribution in [3.05, 3.63) is 55.6 Å². The molecular weight excluding hydrogens is 449 g/mol. The smallest absolute Gasteiger partial charge is 0.269 e. The lowest BCUT2D eigenvalue weighted by molar-refractivity contribution is -0.384. The van der Waals surface area contributed by atoms with E-state index in [0.29, 0.717) is 18.0 Å². The maximum Gasteiger partial charge on any atom is 0.269 e. The molecule has 0 saturated heterocycles. The van der Waals surface area contributed by atoms with E-state index in [1.165, 1.54) is 12.1 Å². The normalized spacial score (nSPS) is 11.0. The topological polar surface area (TPSA) is 86.0 Å². The minimum atomic E-state index is -0.439. The summed E-state index contributed by atoms with van der Waals surface area (Å²) in [5, 5.41) is 14.8. The molecule has 0 aliphatic rings. The molecule has 8 heteroatoms. The van der Waals surface area contributed by atoms with Crippen molar-refractivity contribution in [1.82, 2.24) is 0 Å². The summed E-state index contributed by atoms with van der Waals surface area (Å²) >= 11 is 2.21. The molecule has 2 rings (SSSR count). The van der Waals surface area contributed by atoms with Crippen LogP contribution >= 0.6 is 22.6 Å². The Morgan fingerprint density at radius 2 is 2.00 bits per heavy atom. The van der Waals surface area contributed by atoms with E-state index in [9.17, 15) is 10.1 Å². The van der Waals surface area contributed by atoms with Gasteiger partial charge in [0.25, 0.3) is 5.69 Å². The minimum Gasteiger partial charge on any atom is -0.490 e. The van der Waals surface area contributed by atoms with Gasteiger partial charge in [0, 0.05) is 12.1 Å². The monoisotopic (exact) mass is 469 g/mol. The third kappa shape index (κ3) is 5.58. The van der Waals surface area contributed by atoms with Gasteiger partial charge in [-0.05, 0) is 73.2 Å². The van der Waals surface area contributed by atoms with E-state index in [2.05, 4.69) is 33.1 Å². The fourth-order valence-electron chi connectivity index (χ4n) is 2.11. The van der Waals surface area contributed by atoms with E-state index in [1.807, 2.05) is 32.9 Å². The summed E-state index contributed by atoms with van der Waals surface area (Å²) in [6.07, 6.45) is 1.71. The van der Waals surface area contributed by atoms with E-state index in [4.69, 9.17) is 9.47 Å². The number of halogens is 1. The number of nitrogens with zero attached hydrogens (tertiary/aromatic N) is 2. The number of benzene rings is 2. The Kier molecular flexibility index (Phi) is 7.19. The third-order valence-electron chi connectivity index (χ3n) is 3.17. The standard InChI is InChI=1S/C18H20IN3O4/c1-4-25-17-10-13(9-16(19)18(17)26-12(2)3)11-20-21-14-5-7-15(8-6-14)22(23)24/h5-12,21H,4H2,1-3H3/b20-11+. The molecule has 2 aromatic carbocycles. The number of anilines is 1. The van der Waals surface area contributed by atoms with Crippen LogP contribution in [0.1, 0.15) is 26.3 Å². The predicted octanol–water partition coefficient (Wildman–Crippen LogP) is 4.83. The van der Waals surface area contributed by atoms with E-state index in [0.717, 1.165) is 14.9 Å². The minimum absolute atomic E-state index is 0.0381. The molecule has 7 nitrogen and oxygen atoms in total. The molecule has 138 valence electrons. The molecule has 0 atom stereocenters. The Balaban J connectivity index is 2.15. The van der Waals surface area contributed by atoms with E-state index < -0.39 is 4.92 Å². The molecule has 0 amide bonds. The Labute approximate surface area is 165 Å². The first-order chi connectivity index (χ1) is 12.4. The van der Waals surface area contributed by atoms with E-state index in [-0.39, 0.29) is 11.8 Å². The molecule has 2 aromatic rings. The lowest BCUT2D eigenvalue weighted by Crippen LogP contribution is -2.09. The zero-order chi connectivity index (χ0) is 19.1. The Morgan fingerprint density at radius 1 is 1.31 bits per heavy atom. The van der Waals surface area contributed by atoms with Gasteiger partial charge in [0.2, 0.25) is 0 Å². The molecule has 0 aliphatic heterocycles. The molecule has 0 heterocycles. The number of nitro benzene ring substituents is 1. The highest BCUT2D eigenvalue weighted by Crippen LogP contribution is 2.34. The van der Waals surface area contributed by atoms with Gasteiger partial charge in [-0.3, -0.25) is 15.5 Å². The number of ether oxygens (including phenoxy) is 2. The lowest BCUT2D eigenvalue weighted by atomic mass is 10.2. The van der Waals surface area contributed by atoms with Crippen LogP contribution in [-0.4, -0.2) is 23.8 Å². The molecule has 0 radical (unpaired) electrons. The summed E-state index contributed by atoms with van der Waals surface area (Å²) in [4.78, 5) is 10.2. The van der Waals surface area contributed by atoms with Crippen LogP contribution in [0.5, 0.6) is 11.5 Å². The fraction of sp³-hybridized carbons (Fsp3) is 0.278. The van der Waals surface area contributed by atoms with Crippen molar-refractivity contribution >= 4 is 40.2 Å². The van der Waals surface area contributed by atoms with Gasteiger partial charge < -0.3 is 9.47 Å². The van der Waals surface area contributed by atoms with Crippen LogP contribution in [0.25, 0.3) is 0 Å². The molecule has 1 N–H and O–H groups in total. The average Bonchev–Trinajstić information content (AvgIpc) is 2.58. The average molecular weight is 469 g/mol.